The lowest BCUT2D eigenvalue weighted by Gasteiger charge is -2.30. The van der Waals surface area contributed by atoms with Gasteiger partial charge in [0.05, 0.1) is 5.54 Å². The largest absolute Gasteiger partial charge is 0.337 e. The molecule has 2 rings (SSSR count). The Morgan fingerprint density at radius 1 is 1.40 bits per heavy atom. The Bertz CT molecular complexity index is 263. The van der Waals surface area contributed by atoms with E-state index in [0.29, 0.717) is 6.04 Å². The zero-order chi connectivity index (χ0) is 11.1. The fourth-order valence-electron chi connectivity index (χ4n) is 2.31. The number of carbonyl (C=O) groups excluding carboxylic acids is 1. The Morgan fingerprint density at radius 3 is 2.67 bits per heavy atom. The molecule has 15 heavy (non-hydrogen) atoms. The van der Waals surface area contributed by atoms with Crippen LogP contribution in [-0.2, 0) is 4.79 Å². The van der Waals surface area contributed by atoms with Crippen molar-refractivity contribution in [2.75, 3.05) is 26.7 Å². The summed E-state index contributed by atoms with van der Waals surface area (Å²) in [6, 6.07) is 0.297. The number of nitrogens with two attached hydrogens (primary N) is 1. The standard InChI is InChI=1S/C11H21N3O/c1-9-8-13(2)6-3-7-14(9)10(15)11(12)4-5-11/h9H,3-8,12H2,1-2H3. The van der Waals surface area contributed by atoms with Crippen LogP contribution in [0.5, 0.6) is 0 Å². The quantitative estimate of drug-likeness (QED) is 0.666. The first kappa shape index (κ1) is 10.9. The summed E-state index contributed by atoms with van der Waals surface area (Å²) in [5.41, 5.74) is 5.46. The molecule has 4 heteroatoms. The first-order chi connectivity index (χ1) is 7.03. The fourth-order valence-corrected chi connectivity index (χ4v) is 2.31. The molecule has 0 aromatic rings. The number of nitrogens with zero attached hydrogens (tertiary/aromatic N) is 2. The van der Waals surface area contributed by atoms with Gasteiger partial charge >= 0.3 is 0 Å². The summed E-state index contributed by atoms with van der Waals surface area (Å²) in [5.74, 6) is 0.172. The Morgan fingerprint density at radius 2 is 2.07 bits per heavy atom. The van der Waals surface area contributed by atoms with Gasteiger partial charge in [-0.15, -0.1) is 0 Å². The number of carbonyl (C=O) groups is 1. The molecule has 86 valence electrons. The van der Waals surface area contributed by atoms with Gasteiger partial charge < -0.3 is 15.5 Å². The molecule has 1 aliphatic carbocycles. The van der Waals surface area contributed by atoms with E-state index in [9.17, 15) is 4.79 Å². The normalized spacial score (nSPS) is 31.1. The van der Waals surface area contributed by atoms with Gasteiger partial charge in [0.1, 0.15) is 0 Å². The van der Waals surface area contributed by atoms with E-state index < -0.39 is 5.54 Å². The van der Waals surface area contributed by atoms with E-state index in [1.165, 1.54) is 0 Å². The number of amides is 1. The Labute approximate surface area is 91.4 Å². The van der Waals surface area contributed by atoms with Crippen molar-refractivity contribution in [3.63, 3.8) is 0 Å². The summed E-state index contributed by atoms with van der Waals surface area (Å²) in [4.78, 5) is 16.4. The highest BCUT2D eigenvalue weighted by molar-refractivity contribution is 5.89. The van der Waals surface area contributed by atoms with Gasteiger partial charge in [-0.2, -0.15) is 0 Å². The molecule has 2 fully saturated rings. The fraction of sp³-hybridized carbons (Fsp3) is 0.909. The second-order valence-corrected chi connectivity index (χ2v) is 5.12. The predicted octanol–water partition coefficient (Wildman–Crippen LogP) is 0.0303. The Balaban J connectivity index is 2.03. The molecular weight excluding hydrogens is 190 g/mol. The van der Waals surface area contributed by atoms with Gasteiger partial charge in [0.25, 0.3) is 0 Å². The van der Waals surface area contributed by atoms with Gasteiger partial charge in [0.2, 0.25) is 5.91 Å². The average Bonchev–Trinajstić information content (AvgIpc) is 2.92. The van der Waals surface area contributed by atoms with E-state index in [4.69, 9.17) is 5.73 Å². The van der Waals surface area contributed by atoms with Crippen molar-refractivity contribution >= 4 is 5.91 Å². The van der Waals surface area contributed by atoms with Gasteiger partial charge in [0, 0.05) is 19.1 Å². The maximum Gasteiger partial charge on any atom is 0.242 e. The molecule has 2 aliphatic rings. The smallest absolute Gasteiger partial charge is 0.242 e. The maximum atomic E-state index is 12.1. The monoisotopic (exact) mass is 211 g/mol. The van der Waals surface area contributed by atoms with Crippen molar-refractivity contribution in [2.24, 2.45) is 5.73 Å². The van der Waals surface area contributed by atoms with Crippen molar-refractivity contribution in [3.05, 3.63) is 0 Å². The van der Waals surface area contributed by atoms with Crippen LogP contribution in [0.2, 0.25) is 0 Å². The predicted molar refractivity (Wildman–Crippen MR) is 59.4 cm³/mol. The van der Waals surface area contributed by atoms with Crippen LogP contribution >= 0.6 is 0 Å². The topological polar surface area (TPSA) is 49.6 Å². The summed E-state index contributed by atoms with van der Waals surface area (Å²) in [7, 11) is 2.11. The Kier molecular flexibility index (Phi) is 2.73. The molecule has 0 aromatic carbocycles. The zero-order valence-electron chi connectivity index (χ0n) is 9.70. The van der Waals surface area contributed by atoms with Crippen molar-refractivity contribution in [1.82, 2.24) is 9.80 Å². The van der Waals surface area contributed by atoms with E-state index in [0.717, 1.165) is 38.9 Å². The first-order valence-corrected chi connectivity index (χ1v) is 5.81. The van der Waals surface area contributed by atoms with Crippen LogP contribution in [0.25, 0.3) is 0 Å². The lowest BCUT2D eigenvalue weighted by atomic mass is 10.2. The number of rotatable bonds is 1. The first-order valence-electron chi connectivity index (χ1n) is 5.81. The Hall–Kier alpha value is -0.610. The number of hydrogen-bond donors (Lipinski definition) is 1. The molecule has 1 heterocycles. The van der Waals surface area contributed by atoms with Crippen LogP contribution in [0.1, 0.15) is 26.2 Å². The van der Waals surface area contributed by atoms with Crippen molar-refractivity contribution in [2.45, 2.75) is 37.8 Å². The molecule has 0 radical (unpaired) electrons. The number of likely N-dealkylation sites (N-methyl/N-ethyl adjacent to an activating group) is 1. The summed E-state index contributed by atoms with van der Waals surface area (Å²) < 4.78 is 0. The molecule has 2 N–H and O–H groups in total. The third-order valence-electron chi connectivity index (χ3n) is 3.52. The van der Waals surface area contributed by atoms with Gasteiger partial charge in [-0.1, -0.05) is 0 Å². The molecule has 0 spiro atoms. The van der Waals surface area contributed by atoms with Gasteiger partial charge in [0.15, 0.2) is 0 Å². The van der Waals surface area contributed by atoms with Crippen LogP contribution in [0.15, 0.2) is 0 Å². The molecule has 1 atom stereocenters. The minimum absolute atomic E-state index is 0.172. The minimum atomic E-state index is -0.503. The lowest BCUT2D eigenvalue weighted by Crippen LogP contribution is -2.50. The van der Waals surface area contributed by atoms with Crippen molar-refractivity contribution < 1.29 is 4.79 Å². The third-order valence-corrected chi connectivity index (χ3v) is 3.52. The van der Waals surface area contributed by atoms with Crippen molar-refractivity contribution in [3.8, 4) is 0 Å². The van der Waals surface area contributed by atoms with Gasteiger partial charge in [-0.05, 0) is 39.8 Å². The average molecular weight is 211 g/mol. The minimum Gasteiger partial charge on any atom is -0.337 e. The van der Waals surface area contributed by atoms with E-state index in [1.807, 2.05) is 4.90 Å². The van der Waals surface area contributed by atoms with Crippen LogP contribution < -0.4 is 5.73 Å². The summed E-state index contributed by atoms with van der Waals surface area (Å²) in [6.45, 7) is 5.02. The van der Waals surface area contributed by atoms with Gasteiger partial charge in [-0.3, -0.25) is 4.79 Å². The molecule has 1 unspecified atom stereocenters. The molecule has 0 bridgehead atoms. The summed E-state index contributed by atoms with van der Waals surface area (Å²) in [6.07, 6.45) is 2.79. The second kappa shape index (κ2) is 3.76. The highest BCUT2D eigenvalue weighted by Gasteiger charge is 2.49. The van der Waals surface area contributed by atoms with Crippen molar-refractivity contribution in [1.29, 1.82) is 0 Å². The summed E-state index contributed by atoms with van der Waals surface area (Å²) in [5, 5.41) is 0. The van der Waals surface area contributed by atoms with E-state index in [-0.39, 0.29) is 5.91 Å². The van der Waals surface area contributed by atoms with Crippen LogP contribution in [0.3, 0.4) is 0 Å². The lowest BCUT2D eigenvalue weighted by molar-refractivity contribution is -0.135. The highest BCUT2D eigenvalue weighted by Crippen LogP contribution is 2.35. The second-order valence-electron chi connectivity index (χ2n) is 5.12. The number of hydrogen-bond acceptors (Lipinski definition) is 3. The van der Waals surface area contributed by atoms with E-state index in [1.54, 1.807) is 0 Å². The molecule has 0 aromatic heterocycles. The molecule has 1 saturated carbocycles. The molecule has 4 nitrogen and oxygen atoms in total. The maximum absolute atomic E-state index is 12.1. The molecule has 1 amide bonds. The molecule has 1 aliphatic heterocycles. The van der Waals surface area contributed by atoms with E-state index in [2.05, 4.69) is 18.9 Å². The van der Waals surface area contributed by atoms with Crippen LogP contribution in [-0.4, -0.2) is 54.0 Å². The molecule has 1 saturated heterocycles. The third kappa shape index (κ3) is 2.16. The summed E-state index contributed by atoms with van der Waals surface area (Å²) >= 11 is 0. The van der Waals surface area contributed by atoms with E-state index >= 15 is 0 Å². The van der Waals surface area contributed by atoms with Gasteiger partial charge in [-0.25, -0.2) is 0 Å². The van der Waals surface area contributed by atoms with Crippen LogP contribution in [0.4, 0.5) is 0 Å². The highest BCUT2D eigenvalue weighted by atomic mass is 16.2. The molecular formula is C11H21N3O. The zero-order valence-corrected chi connectivity index (χ0v) is 9.70. The SMILES string of the molecule is CC1CN(C)CCCN1C(=O)C1(N)CC1. The van der Waals surface area contributed by atoms with Crippen LogP contribution in [0, 0.1) is 0 Å².